The molecule has 0 spiro atoms. The average Bonchev–Trinajstić information content (AvgIpc) is 3.05. The van der Waals surface area contributed by atoms with E-state index in [-0.39, 0.29) is 11.6 Å². The number of halogens is 3. The van der Waals surface area contributed by atoms with Gasteiger partial charge in [-0.3, -0.25) is 5.10 Å². The molecule has 0 radical (unpaired) electrons. The Balaban J connectivity index is 2.33. The third kappa shape index (κ3) is 3.30. The van der Waals surface area contributed by atoms with E-state index in [1.807, 2.05) is 0 Å². The van der Waals surface area contributed by atoms with Crippen LogP contribution in [0.3, 0.4) is 0 Å². The molecule has 1 aliphatic carbocycles. The Kier molecular flexibility index (Phi) is 4.07. The van der Waals surface area contributed by atoms with Crippen molar-refractivity contribution < 1.29 is 21.6 Å². The minimum Gasteiger partial charge on any atom is -0.316 e. The van der Waals surface area contributed by atoms with E-state index in [4.69, 9.17) is 0 Å². The van der Waals surface area contributed by atoms with Crippen molar-refractivity contribution in [1.29, 1.82) is 0 Å². The minimum absolute atomic E-state index is 0.204. The highest BCUT2D eigenvalue weighted by Gasteiger charge is 2.45. The van der Waals surface area contributed by atoms with Gasteiger partial charge in [-0.2, -0.15) is 22.6 Å². The molecule has 2 rings (SSSR count). The second kappa shape index (κ2) is 5.34. The summed E-state index contributed by atoms with van der Waals surface area (Å²) in [5.74, 6) is 0. The maximum absolute atomic E-state index is 12.6. The van der Waals surface area contributed by atoms with Crippen LogP contribution in [0.25, 0.3) is 0 Å². The van der Waals surface area contributed by atoms with Crippen molar-refractivity contribution in [1.82, 2.24) is 19.8 Å². The third-order valence-electron chi connectivity index (χ3n) is 2.90. The quantitative estimate of drug-likeness (QED) is 0.816. The lowest BCUT2D eigenvalue weighted by Gasteiger charge is -2.22. The Bertz CT molecular complexity index is 565. The fourth-order valence-corrected chi connectivity index (χ4v) is 3.68. The van der Waals surface area contributed by atoms with E-state index < -0.39 is 28.8 Å². The highest BCUT2D eigenvalue weighted by molar-refractivity contribution is 7.89. The van der Waals surface area contributed by atoms with Crippen molar-refractivity contribution in [2.75, 3.05) is 13.6 Å². The van der Waals surface area contributed by atoms with E-state index in [0.717, 1.165) is 0 Å². The molecule has 0 saturated heterocycles. The predicted octanol–water partition coefficient (Wildman–Crippen LogP) is 0.845. The van der Waals surface area contributed by atoms with E-state index in [9.17, 15) is 21.6 Å². The standard InChI is InChI=1S/C10H15F3N4O2S/c1-14-4-7-5-15-16-9(7)20(18,19)17(8-2-3-8)6-10(11,12)13/h5,8,14H,2-4,6H2,1H3,(H,15,16). The number of hydrogen-bond donors (Lipinski definition) is 2. The third-order valence-corrected chi connectivity index (χ3v) is 4.82. The number of nitrogens with one attached hydrogen (secondary N) is 2. The van der Waals surface area contributed by atoms with E-state index in [0.29, 0.717) is 22.7 Å². The second-order valence-electron chi connectivity index (χ2n) is 4.65. The summed E-state index contributed by atoms with van der Waals surface area (Å²) in [6.07, 6.45) is -2.38. The Morgan fingerprint density at radius 2 is 2.15 bits per heavy atom. The second-order valence-corrected chi connectivity index (χ2v) is 6.48. The predicted molar refractivity (Wildman–Crippen MR) is 64.3 cm³/mol. The first-order chi connectivity index (χ1) is 9.25. The molecule has 1 aromatic rings. The van der Waals surface area contributed by atoms with Crippen LogP contribution in [-0.4, -0.2) is 48.7 Å². The summed E-state index contributed by atoms with van der Waals surface area (Å²) < 4.78 is 63.0. The van der Waals surface area contributed by atoms with Crippen LogP contribution in [-0.2, 0) is 16.6 Å². The van der Waals surface area contributed by atoms with Crippen molar-refractivity contribution in [2.24, 2.45) is 0 Å². The molecule has 0 atom stereocenters. The van der Waals surface area contributed by atoms with Crippen LogP contribution < -0.4 is 5.32 Å². The van der Waals surface area contributed by atoms with Gasteiger partial charge in [0.2, 0.25) is 0 Å². The molecule has 0 amide bonds. The SMILES string of the molecule is CNCc1cn[nH]c1S(=O)(=O)N(CC(F)(F)F)C1CC1. The van der Waals surface area contributed by atoms with Gasteiger partial charge < -0.3 is 5.32 Å². The average molecular weight is 312 g/mol. The molecular weight excluding hydrogens is 297 g/mol. The van der Waals surface area contributed by atoms with Gasteiger partial charge >= 0.3 is 6.18 Å². The molecule has 0 unspecified atom stereocenters. The molecule has 2 N–H and O–H groups in total. The van der Waals surface area contributed by atoms with Gasteiger partial charge in [-0.05, 0) is 19.9 Å². The van der Waals surface area contributed by atoms with E-state index in [2.05, 4.69) is 15.5 Å². The molecule has 114 valence electrons. The molecule has 10 heteroatoms. The van der Waals surface area contributed by atoms with Gasteiger partial charge in [-0.25, -0.2) is 8.42 Å². The normalized spacial score (nSPS) is 16.9. The van der Waals surface area contributed by atoms with Gasteiger partial charge in [-0.1, -0.05) is 0 Å². The molecule has 1 aromatic heterocycles. The molecular formula is C10H15F3N4O2S. The fraction of sp³-hybridized carbons (Fsp3) is 0.700. The lowest BCUT2D eigenvalue weighted by molar-refractivity contribution is -0.137. The van der Waals surface area contributed by atoms with Crippen LogP contribution in [0.5, 0.6) is 0 Å². The lowest BCUT2D eigenvalue weighted by Crippen LogP contribution is -2.41. The molecule has 0 aliphatic heterocycles. The van der Waals surface area contributed by atoms with Crippen molar-refractivity contribution in [2.45, 2.75) is 36.6 Å². The number of hydrogen-bond acceptors (Lipinski definition) is 4. The largest absolute Gasteiger partial charge is 0.402 e. The lowest BCUT2D eigenvalue weighted by atomic mass is 10.4. The van der Waals surface area contributed by atoms with Crippen molar-refractivity contribution in [3.05, 3.63) is 11.8 Å². The van der Waals surface area contributed by atoms with Crippen LogP contribution in [0.15, 0.2) is 11.2 Å². The maximum Gasteiger partial charge on any atom is 0.402 e. The molecule has 1 heterocycles. The summed E-state index contributed by atoms with van der Waals surface area (Å²) >= 11 is 0. The Labute approximate surface area is 114 Å². The van der Waals surface area contributed by atoms with Gasteiger partial charge in [0.25, 0.3) is 10.0 Å². The van der Waals surface area contributed by atoms with Gasteiger partial charge in [0.05, 0.1) is 6.20 Å². The summed E-state index contributed by atoms with van der Waals surface area (Å²) in [5.41, 5.74) is 0.320. The van der Waals surface area contributed by atoms with Crippen LogP contribution >= 0.6 is 0 Å². The smallest absolute Gasteiger partial charge is 0.316 e. The van der Waals surface area contributed by atoms with Gasteiger partial charge in [-0.15, -0.1) is 0 Å². The van der Waals surface area contributed by atoms with Crippen LogP contribution in [0, 0.1) is 0 Å². The number of alkyl halides is 3. The Hall–Kier alpha value is -1.13. The summed E-state index contributed by atoms with van der Waals surface area (Å²) in [4.78, 5) is 0. The van der Waals surface area contributed by atoms with E-state index in [1.165, 1.54) is 6.20 Å². The van der Waals surface area contributed by atoms with Crippen LogP contribution in [0.2, 0.25) is 0 Å². The highest BCUT2D eigenvalue weighted by Crippen LogP contribution is 2.34. The number of aromatic amines is 1. The van der Waals surface area contributed by atoms with Crippen molar-refractivity contribution in [3.63, 3.8) is 0 Å². The van der Waals surface area contributed by atoms with E-state index in [1.54, 1.807) is 7.05 Å². The Morgan fingerprint density at radius 3 is 2.65 bits per heavy atom. The van der Waals surface area contributed by atoms with Crippen LogP contribution in [0.4, 0.5) is 13.2 Å². The van der Waals surface area contributed by atoms with Crippen LogP contribution in [0.1, 0.15) is 18.4 Å². The van der Waals surface area contributed by atoms with E-state index >= 15 is 0 Å². The monoisotopic (exact) mass is 312 g/mol. The summed E-state index contributed by atoms with van der Waals surface area (Å²) in [5, 5.41) is 8.38. The zero-order chi connectivity index (χ0) is 15.0. The first kappa shape index (κ1) is 15.3. The Morgan fingerprint density at radius 1 is 1.50 bits per heavy atom. The number of nitrogens with zero attached hydrogens (tertiary/aromatic N) is 2. The molecule has 6 nitrogen and oxygen atoms in total. The van der Waals surface area contributed by atoms with Crippen molar-refractivity contribution in [3.8, 4) is 0 Å². The first-order valence-electron chi connectivity index (χ1n) is 6.01. The molecule has 1 saturated carbocycles. The van der Waals surface area contributed by atoms with Gasteiger partial charge in [0, 0.05) is 18.2 Å². The van der Waals surface area contributed by atoms with Gasteiger partial charge in [0.15, 0.2) is 5.03 Å². The molecule has 1 fully saturated rings. The molecule has 0 bridgehead atoms. The fourth-order valence-electron chi connectivity index (χ4n) is 1.91. The zero-order valence-corrected chi connectivity index (χ0v) is 11.6. The summed E-state index contributed by atoms with van der Waals surface area (Å²) in [6.45, 7) is -1.27. The summed E-state index contributed by atoms with van der Waals surface area (Å²) in [7, 11) is -2.62. The zero-order valence-electron chi connectivity index (χ0n) is 10.7. The highest BCUT2D eigenvalue weighted by atomic mass is 32.2. The number of rotatable bonds is 6. The molecule has 20 heavy (non-hydrogen) atoms. The van der Waals surface area contributed by atoms with Gasteiger partial charge in [0.1, 0.15) is 6.54 Å². The number of sulfonamides is 1. The molecule has 1 aliphatic rings. The maximum atomic E-state index is 12.6. The number of aromatic nitrogens is 2. The number of H-pyrrole nitrogens is 1. The summed E-state index contributed by atoms with van der Waals surface area (Å²) in [6, 6.07) is -0.577. The topological polar surface area (TPSA) is 78.1 Å². The first-order valence-corrected chi connectivity index (χ1v) is 7.45. The van der Waals surface area contributed by atoms with Crippen molar-refractivity contribution >= 4 is 10.0 Å². The minimum atomic E-state index is -4.57. The molecule has 0 aromatic carbocycles.